The minimum atomic E-state index is -0.894. The molecular weight excluding hydrogens is 272 g/mol. The van der Waals surface area contributed by atoms with E-state index in [1.54, 1.807) is 18.2 Å². The molecule has 0 fully saturated rings. The Hall–Kier alpha value is -1.49. The largest absolute Gasteiger partial charge is 0.478 e. The Balaban J connectivity index is 2.48. The second kappa shape index (κ2) is 6.31. The molecule has 0 saturated carbocycles. The molecule has 1 atom stereocenters. The molecule has 0 spiro atoms. The van der Waals surface area contributed by atoms with Crippen LogP contribution in [0.15, 0.2) is 18.2 Å². The summed E-state index contributed by atoms with van der Waals surface area (Å²) in [4.78, 5) is 15.7. The van der Waals surface area contributed by atoms with E-state index in [0.717, 1.165) is 35.6 Å². The van der Waals surface area contributed by atoms with Gasteiger partial charge >= 0.3 is 5.97 Å². The van der Waals surface area contributed by atoms with Crippen molar-refractivity contribution in [1.82, 2.24) is 9.55 Å². The molecule has 2 rings (SSSR count). The molecule has 4 nitrogen and oxygen atoms in total. The molecule has 0 bridgehead atoms. The second-order valence-electron chi connectivity index (χ2n) is 5.06. The molecule has 1 heterocycles. The van der Waals surface area contributed by atoms with E-state index in [1.165, 1.54) is 0 Å². The molecule has 2 aromatic rings. The van der Waals surface area contributed by atoms with Crippen LogP contribution in [-0.2, 0) is 13.0 Å². The monoisotopic (exact) mass is 292 g/mol. The number of carbonyl (C=O) groups is 1. The Labute approximate surface area is 123 Å². The van der Waals surface area contributed by atoms with Gasteiger partial charge in [-0.3, -0.25) is 0 Å². The first-order chi connectivity index (χ1) is 9.56. The highest BCUT2D eigenvalue weighted by atomic mass is 32.2. The Bertz CT molecular complexity index is 622. The van der Waals surface area contributed by atoms with Crippen molar-refractivity contribution in [2.75, 3.05) is 12.0 Å². The Kier molecular flexibility index (Phi) is 4.70. The molecule has 1 unspecified atom stereocenters. The van der Waals surface area contributed by atoms with Crippen molar-refractivity contribution in [3.8, 4) is 0 Å². The maximum absolute atomic E-state index is 11.1. The van der Waals surface area contributed by atoms with Gasteiger partial charge < -0.3 is 9.67 Å². The summed E-state index contributed by atoms with van der Waals surface area (Å²) in [6.45, 7) is 5.17. The summed E-state index contributed by atoms with van der Waals surface area (Å²) in [5.74, 6) is 1.74. The molecule has 0 aliphatic rings. The van der Waals surface area contributed by atoms with E-state index < -0.39 is 5.97 Å². The van der Waals surface area contributed by atoms with Crippen LogP contribution in [0, 0.1) is 5.92 Å². The molecule has 1 N–H and O–H groups in total. The van der Waals surface area contributed by atoms with Crippen LogP contribution in [0.1, 0.15) is 30.0 Å². The standard InChI is InChI=1S/C15H20N2O2S/c1-4-14-16-12-6-5-11(15(18)19)7-13(12)17(14)8-10(2)9-20-3/h5-7,10H,4,8-9H2,1-3H3,(H,18,19). The van der Waals surface area contributed by atoms with Crippen LogP contribution in [0.3, 0.4) is 0 Å². The van der Waals surface area contributed by atoms with Crippen LogP contribution in [-0.4, -0.2) is 32.6 Å². The van der Waals surface area contributed by atoms with Gasteiger partial charge in [0.1, 0.15) is 5.82 Å². The number of aromatic nitrogens is 2. The maximum atomic E-state index is 11.1. The van der Waals surface area contributed by atoms with E-state index in [9.17, 15) is 4.79 Å². The van der Waals surface area contributed by atoms with Crippen molar-refractivity contribution in [2.45, 2.75) is 26.8 Å². The fourth-order valence-corrected chi connectivity index (χ4v) is 3.10. The van der Waals surface area contributed by atoms with E-state index in [0.29, 0.717) is 11.5 Å². The zero-order valence-electron chi connectivity index (χ0n) is 12.1. The lowest BCUT2D eigenvalue weighted by Gasteiger charge is -2.14. The average molecular weight is 292 g/mol. The van der Waals surface area contributed by atoms with E-state index in [-0.39, 0.29) is 0 Å². The third kappa shape index (κ3) is 2.98. The van der Waals surface area contributed by atoms with Gasteiger partial charge in [0.05, 0.1) is 16.6 Å². The predicted molar refractivity (Wildman–Crippen MR) is 83.6 cm³/mol. The fourth-order valence-electron chi connectivity index (χ4n) is 2.43. The quantitative estimate of drug-likeness (QED) is 0.887. The van der Waals surface area contributed by atoms with Crippen LogP contribution < -0.4 is 0 Å². The normalized spacial score (nSPS) is 12.8. The van der Waals surface area contributed by atoms with Crippen molar-refractivity contribution in [1.29, 1.82) is 0 Å². The van der Waals surface area contributed by atoms with Gasteiger partial charge in [-0.05, 0) is 36.1 Å². The highest BCUT2D eigenvalue weighted by Gasteiger charge is 2.14. The van der Waals surface area contributed by atoms with Gasteiger partial charge in [0, 0.05) is 13.0 Å². The van der Waals surface area contributed by atoms with E-state index >= 15 is 0 Å². The number of hydrogen-bond donors (Lipinski definition) is 1. The molecule has 0 radical (unpaired) electrons. The number of benzene rings is 1. The van der Waals surface area contributed by atoms with E-state index in [4.69, 9.17) is 5.11 Å². The van der Waals surface area contributed by atoms with Crippen LogP contribution in [0.5, 0.6) is 0 Å². The number of imidazole rings is 1. The van der Waals surface area contributed by atoms with Crippen LogP contribution in [0.25, 0.3) is 11.0 Å². The minimum Gasteiger partial charge on any atom is -0.478 e. The number of aromatic carboxylic acids is 1. The van der Waals surface area contributed by atoms with Crippen molar-refractivity contribution in [3.63, 3.8) is 0 Å². The summed E-state index contributed by atoms with van der Waals surface area (Å²) in [6.07, 6.45) is 2.95. The molecule has 5 heteroatoms. The lowest BCUT2D eigenvalue weighted by Crippen LogP contribution is -2.12. The minimum absolute atomic E-state index is 0.318. The van der Waals surface area contributed by atoms with Gasteiger partial charge in [0.25, 0.3) is 0 Å². The number of rotatable bonds is 6. The SMILES string of the molecule is CCc1nc2ccc(C(=O)O)cc2n1CC(C)CSC. The molecule has 1 aromatic carbocycles. The molecule has 0 amide bonds. The number of hydrogen-bond acceptors (Lipinski definition) is 3. The predicted octanol–water partition coefficient (Wildman–Crippen LogP) is 3.30. The van der Waals surface area contributed by atoms with Crippen molar-refractivity contribution in [2.24, 2.45) is 5.92 Å². The number of carboxylic acids is 1. The maximum Gasteiger partial charge on any atom is 0.335 e. The molecular formula is C15H20N2O2S. The van der Waals surface area contributed by atoms with Gasteiger partial charge in [-0.2, -0.15) is 11.8 Å². The third-order valence-electron chi connectivity index (χ3n) is 3.34. The first-order valence-corrected chi connectivity index (χ1v) is 8.17. The lowest BCUT2D eigenvalue weighted by molar-refractivity contribution is 0.0697. The average Bonchev–Trinajstić information content (AvgIpc) is 2.76. The van der Waals surface area contributed by atoms with Crippen LogP contribution in [0.2, 0.25) is 0 Å². The topological polar surface area (TPSA) is 55.1 Å². The number of aryl methyl sites for hydroxylation is 1. The van der Waals surface area contributed by atoms with Gasteiger partial charge in [0.2, 0.25) is 0 Å². The Morgan fingerprint density at radius 1 is 1.50 bits per heavy atom. The van der Waals surface area contributed by atoms with Crippen molar-refractivity contribution < 1.29 is 9.90 Å². The van der Waals surface area contributed by atoms with Crippen molar-refractivity contribution in [3.05, 3.63) is 29.6 Å². The second-order valence-corrected chi connectivity index (χ2v) is 5.97. The van der Waals surface area contributed by atoms with E-state index in [1.807, 2.05) is 11.8 Å². The first kappa shape index (κ1) is 14.9. The summed E-state index contributed by atoms with van der Waals surface area (Å²) < 4.78 is 2.17. The van der Waals surface area contributed by atoms with Crippen molar-refractivity contribution >= 4 is 28.8 Å². The molecule has 20 heavy (non-hydrogen) atoms. The Morgan fingerprint density at radius 3 is 2.85 bits per heavy atom. The third-order valence-corrected chi connectivity index (χ3v) is 4.24. The van der Waals surface area contributed by atoms with Crippen LogP contribution in [0.4, 0.5) is 0 Å². The summed E-state index contributed by atoms with van der Waals surface area (Å²) >= 11 is 1.83. The highest BCUT2D eigenvalue weighted by Crippen LogP contribution is 2.21. The van der Waals surface area contributed by atoms with Crippen LogP contribution >= 0.6 is 11.8 Å². The lowest BCUT2D eigenvalue weighted by atomic mass is 10.2. The van der Waals surface area contributed by atoms with Gasteiger partial charge in [-0.15, -0.1) is 0 Å². The molecule has 0 aliphatic carbocycles. The Morgan fingerprint density at radius 2 is 2.25 bits per heavy atom. The zero-order valence-corrected chi connectivity index (χ0v) is 12.9. The fraction of sp³-hybridized carbons (Fsp3) is 0.467. The number of carboxylic acid groups (broad SMARTS) is 1. The molecule has 0 saturated heterocycles. The van der Waals surface area contributed by atoms with E-state index in [2.05, 4.69) is 29.7 Å². The summed E-state index contributed by atoms with van der Waals surface area (Å²) in [7, 11) is 0. The van der Waals surface area contributed by atoms with Gasteiger partial charge in [-0.1, -0.05) is 13.8 Å². The van der Waals surface area contributed by atoms with Gasteiger partial charge in [-0.25, -0.2) is 9.78 Å². The molecule has 0 aliphatic heterocycles. The first-order valence-electron chi connectivity index (χ1n) is 6.78. The number of nitrogens with zero attached hydrogens (tertiary/aromatic N) is 2. The summed E-state index contributed by atoms with van der Waals surface area (Å²) in [5, 5.41) is 9.13. The smallest absolute Gasteiger partial charge is 0.335 e. The van der Waals surface area contributed by atoms with Gasteiger partial charge in [0.15, 0.2) is 0 Å². The molecule has 1 aromatic heterocycles. The highest BCUT2D eigenvalue weighted by molar-refractivity contribution is 7.98. The molecule has 108 valence electrons. The number of thioether (sulfide) groups is 1. The summed E-state index contributed by atoms with van der Waals surface area (Å²) in [6, 6.07) is 5.15. The number of fused-ring (bicyclic) bond motifs is 1. The zero-order chi connectivity index (χ0) is 14.7. The summed E-state index contributed by atoms with van der Waals surface area (Å²) in [5.41, 5.74) is 2.12.